The fourth-order valence-electron chi connectivity index (χ4n) is 3.83. The summed E-state index contributed by atoms with van der Waals surface area (Å²) in [5.41, 5.74) is 4.73. The Balaban J connectivity index is 1.62. The van der Waals surface area contributed by atoms with Gasteiger partial charge < -0.3 is 9.73 Å². The van der Waals surface area contributed by atoms with E-state index >= 15 is 0 Å². The van der Waals surface area contributed by atoms with Crippen molar-refractivity contribution in [1.82, 2.24) is 4.83 Å². The number of anilines is 1. The van der Waals surface area contributed by atoms with Gasteiger partial charge in [0.15, 0.2) is 5.76 Å². The van der Waals surface area contributed by atoms with Crippen LogP contribution in [0.5, 0.6) is 0 Å². The van der Waals surface area contributed by atoms with Crippen LogP contribution in [0.15, 0.2) is 62.9 Å². The van der Waals surface area contributed by atoms with Crippen molar-refractivity contribution in [3.63, 3.8) is 0 Å². The smallest absolute Gasteiger partial charge is 0.291 e. The lowest BCUT2D eigenvalue weighted by atomic mass is 9.93. The van der Waals surface area contributed by atoms with Crippen LogP contribution in [-0.4, -0.2) is 20.0 Å². The van der Waals surface area contributed by atoms with Gasteiger partial charge in [0, 0.05) is 23.2 Å². The number of rotatable bonds is 5. The largest absolute Gasteiger partial charge is 0.455 e. The quantitative estimate of drug-likeness (QED) is 0.559. The molecule has 8 heteroatoms. The molecule has 0 bridgehead atoms. The molecular formula is C24H25N3O4S. The van der Waals surface area contributed by atoms with Crippen molar-refractivity contribution in [2.75, 3.05) is 5.32 Å². The average molecular weight is 452 g/mol. The van der Waals surface area contributed by atoms with Crippen LogP contribution in [0.3, 0.4) is 0 Å². The fraction of sp³-hybridized carbons (Fsp3) is 0.250. The van der Waals surface area contributed by atoms with Crippen molar-refractivity contribution in [2.45, 2.75) is 44.9 Å². The molecule has 4 rings (SSSR count). The Kier molecular flexibility index (Phi) is 5.88. The molecule has 1 aliphatic rings. The van der Waals surface area contributed by atoms with Gasteiger partial charge in [0.1, 0.15) is 5.76 Å². The minimum atomic E-state index is -3.78. The molecule has 1 heterocycles. The molecule has 1 aromatic heterocycles. The van der Waals surface area contributed by atoms with Gasteiger partial charge in [-0.2, -0.15) is 18.4 Å². The predicted molar refractivity (Wildman–Crippen MR) is 124 cm³/mol. The van der Waals surface area contributed by atoms with Gasteiger partial charge in [0.25, 0.3) is 15.9 Å². The first-order valence-electron chi connectivity index (χ1n) is 10.4. The van der Waals surface area contributed by atoms with E-state index in [0.717, 1.165) is 23.2 Å². The van der Waals surface area contributed by atoms with Crippen LogP contribution >= 0.6 is 0 Å². The van der Waals surface area contributed by atoms with Gasteiger partial charge in [-0.05, 0) is 62.9 Å². The zero-order chi connectivity index (χ0) is 22.9. The maximum Gasteiger partial charge on any atom is 0.291 e. The summed E-state index contributed by atoms with van der Waals surface area (Å²) in [6, 6.07) is 13.8. The molecule has 32 heavy (non-hydrogen) atoms. The number of hydrazone groups is 1. The normalized spacial score (nSPS) is 14.8. The lowest BCUT2D eigenvalue weighted by Crippen LogP contribution is -2.22. The summed E-state index contributed by atoms with van der Waals surface area (Å²) in [5.74, 6) is 0.531. The summed E-state index contributed by atoms with van der Waals surface area (Å²) < 4.78 is 31.0. The van der Waals surface area contributed by atoms with Gasteiger partial charge in [-0.25, -0.2) is 0 Å². The molecule has 0 saturated carbocycles. The Morgan fingerprint density at radius 3 is 2.47 bits per heavy atom. The number of carbonyl (C=O) groups excluding carboxylic acids is 1. The van der Waals surface area contributed by atoms with Crippen LogP contribution in [0.2, 0.25) is 0 Å². The van der Waals surface area contributed by atoms with E-state index in [1.54, 1.807) is 25.1 Å². The van der Waals surface area contributed by atoms with Crippen molar-refractivity contribution in [3.8, 4) is 0 Å². The molecule has 0 radical (unpaired) electrons. The Morgan fingerprint density at radius 2 is 1.72 bits per heavy atom. The van der Waals surface area contributed by atoms with Crippen LogP contribution < -0.4 is 10.1 Å². The van der Waals surface area contributed by atoms with Crippen LogP contribution in [-0.2, 0) is 16.4 Å². The Labute approximate surface area is 187 Å². The number of carbonyl (C=O) groups is 1. The first kappa shape index (κ1) is 21.8. The van der Waals surface area contributed by atoms with Crippen molar-refractivity contribution in [3.05, 3.63) is 82.3 Å². The number of furan rings is 1. The van der Waals surface area contributed by atoms with Gasteiger partial charge in [-0.15, -0.1) is 0 Å². The van der Waals surface area contributed by atoms with Gasteiger partial charge >= 0.3 is 0 Å². The third kappa shape index (κ3) is 4.18. The highest BCUT2D eigenvalue weighted by atomic mass is 32.2. The van der Waals surface area contributed by atoms with Gasteiger partial charge in [-0.1, -0.05) is 30.3 Å². The van der Waals surface area contributed by atoms with Crippen molar-refractivity contribution >= 4 is 27.3 Å². The molecular weight excluding hydrogens is 426 g/mol. The second kappa shape index (κ2) is 8.63. The number of amides is 1. The Hall–Kier alpha value is -3.39. The zero-order valence-corrected chi connectivity index (χ0v) is 19.0. The lowest BCUT2D eigenvalue weighted by molar-refractivity contribution is 0.0994. The summed E-state index contributed by atoms with van der Waals surface area (Å²) >= 11 is 0. The van der Waals surface area contributed by atoms with E-state index in [0.29, 0.717) is 35.4 Å². The van der Waals surface area contributed by atoms with Crippen LogP contribution in [0.4, 0.5) is 5.69 Å². The predicted octanol–water partition coefficient (Wildman–Crippen LogP) is 4.48. The van der Waals surface area contributed by atoms with Crippen molar-refractivity contribution in [2.24, 2.45) is 5.10 Å². The molecule has 1 aliphatic carbocycles. The van der Waals surface area contributed by atoms with Gasteiger partial charge in [0.05, 0.1) is 10.6 Å². The SMILES string of the molecule is Cc1cccc(NC(=O)c2oc3c(c2C)/C(=N/NS(=O)(=O)c2ccccc2)CCC3)c1C. The number of hydrogen-bond acceptors (Lipinski definition) is 5. The van der Waals surface area contributed by atoms with Gasteiger partial charge in [0.2, 0.25) is 0 Å². The molecule has 0 atom stereocenters. The van der Waals surface area contributed by atoms with Crippen LogP contribution in [0.1, 0.15) is 51.4 Å². The van der Waals surface area contributed by atoms with Crippen molar-refractivity contribution in [1.29, 1.82) is 0 Å². The average Bonchev–Trinajstić information content (AvgIpc) is 3.13. The number of aryl methyl sites for hydroxylation is 2. The first-order valence-corrected chi connectivity index (χ1v) is 11.9. The van der Waals surface area contributed by atoms with Crippen LogP contribution in [0, 0.1) is 20.8 Å². The number of fused-ring (bicyclic) bond motifs is 1. The molecule has 0 spiro atoms. The lowest BCUT2D eigenvalue weighted by Gasteiger charge is -2.14. The third-order valence-electron chi connectivity index (χ3n) is 5.74. The minimum absolute atomic E-state index is 0.137. The molecule has 0 unspecified atom stereocenters. The molecule has 0 saturated heterocycles. The molecule has 0 fully saturated rings. The summed E-state index contributed by atoms with van der Waals surface area (Å²) in [7, 11) is -3.78. The second-order valence-corrected chi connectivity index (χ2v) is 9.54. The molecule has 166 valence electrons. The maximum atomic E-state index is 13.0. The number of hydrogen-bond donors (Lipinski definition) is 2. The minimum Gasteiger partial charge on any atom is -0.455 e. The second-order valence-electron chi connectivity index (χ2n) is 7.88. The summed E-state index contributed by atoms with van der Waals surface area (Å²) in [5, 5.41) is 7.13. The molecule has 3 aromatic rings. The number of nitrogens with one attached hydrogen (secondary N) is 2. The fourth-order valence-corrected chi connectivity index (χ4v) is 4.68. The molecule has 2 N–H and O–H groups in total. The maximum absolute atomic E-state index is 13.0. The molecule has 2 aromatic carbocycles. The Morgan fingerprint density at radius 1 is 0.969 bits per heavy atom. The number of benzene rings is 2. The highest BCUT2D eigenvalue weighted by Crippen LogP contribution is 2.31. The standard InChI is InChI=1S/C24H25N3O4S/c1-15-9-7-12-19(16(15)2)25-24(28)23-17(3)22-20(13-8-14-21(22)31-23)26-27-32(29,30)18-10-5-4-6-11-18/h4-7,9-12,27H,8,13-14H2,1-3H3,(H,25,28)/b26-20+. The zero-order valence-electron chi connectivity index (χ0n) is 18.2. The van der Waals surface area contributed by atoms with E-state index in [-0.39, 0.29) is 16.6 Å². The van der Waals surface area contributed by atoms with E-state index in [1.807, 2.05) is 32.0 Å². The van der Waals surface area contributed by atoms with Gasteiger partial charge in [-0.3, -0.25) is 4.79 Å². The molecule has 7 nitrogen and oxygen atoms in total. The van der Waals surface area contributed by atoms with E-state index < -0.39 is 10.0 Å². The topological polar surface area (TPSA) is 101 Å². The third-order valence-corrected chi connectivity index (χ3v) is 6.96. The summed E-state index contributed by atoms with van der Waals surface area (Å²) in [6.07, 6.45) is 2.00. The Bertz CT molecular complexity index is 1310. The van der Waals surface area contributed by atoms with E-state index in [1.165, 1.54) is 12.1 Å². The van der Waals surface area contributed by atoms with Crippen molar-refractivity contribution < 1.29 is 17.6 Å². The highest BCUT2D eigenvalue weighted by molar-refractivity contribution is 7.89. The van der Waals surface area contributed by atoms with Crippen LogP contribution in [0.25, 0.3) is 0 Å². The number of nitrogens with zero attached hydrogens (tertiary/aromatic N) is 1. The monoisotopic (exact) mass is 451 g/mol. The number of sulfonamides is 1. The molecule has 0 aliphatic heterocycles. The highest BCUT2D eigenvalue weighted by Gasteiger charge is 2.28. The molecule has 1 amide bonds. The van der Waals surface area contributed by atoms with E-state index in [2.05, 4.69) is 15.2 Å². The summed E-state index contributed by atoms with van der Waals surface area (Å²) in [6.45, 7) is 5.74. The summed E-state index contributed by atoms with van der Waals surface area (Å²) in [4.78, 5) is 15.4. The first-order chi connectivity index (χ1) is 15.3. The van der Waals surface area contributed by atoms with E-state index in [9.17, 15) is 13.2 Å². The van der Waals surface area contributed by atoms with E-state index in [4.69, 9.17) is 4.42 Å².